The summed E-state index contributed by atoms with van der Waals surface area (Å²) in [5, 5.41) is 9.37. The minimum absolute atomic E-state index is 0.0604. The SMILES string of the molecule is COCCN1C(=O)CN(C(=O)CN(C)Cc2ccccc2)c2cc(C(=O)O)ccc21. The predicted octanol–water partition coefficient (Wildman–Crippen LogP) is 1.84. The number of rotatable bonds is 8. The number of aromatic carboxylic acids is 1. The Hall–Kier alpha value is -3.23. The molecule has 0 saturated heterocycles. The first-order valence-corrected chi connectivity index (χ1v) is 9.60. The molecule has 0 spiro atoms. The van der Waals surface area contributed by atoms with Gasteiger partial charge in [-0.3, -0.25) is 19.4 Å². The molecule has 8 nitrogen and oxygen atoms in total. The number of likely N-dealkylation sites (N-methyl/N-ethyl adjacent to an activating group) is 1. The summed E-state index contributed by atoms with van der Waals surface area (Å²) in [5.74, 6) is -1.59. The van der Waals surface area contributed by atoms with Gasteiger partial charge in [0.2, 0.25) is 11.8 Å². The summed E-state index contributed by atoms with van der Waals surface area (Å²) in [6.45, 7) is 1.19. The normalized spacial score (nSPS) is 13.5. The van der Waals surface area contributed by atoms with E-state index in [1.54, 1.807) is 13.2 Å². The van der Waals surface area contributed by atoms with E-state index >= 15 is 0 Å². The highest BCUT2D eigenvalue weighted by Crippen LogP contribution is 2.34. The monoisotopic (exact) mass is 411 g/mol. The van der Waals surface area contributed by atoms with E-state index in [-0.39, 0.29) is 30.5 Å². The fraction of sp³-hybridized carbons (Fsp3) is 0.318. The van der Waals surface area contributed by atoms with Gasteiger partial charge >= 0.3 is 5.97 Å². The van der Waals surface area contributed by atoms with Gasteiger partial charge < -0.3 is 14.7 Å². The van der Waals surface area contributed by atoms with Crippen LogP contribution in [0.2, 0.25) is 0 Å². The van der Waals surface area contributed by atoms with Crippen molar-refractivity contribution in [3.63, 3.8) is 0 Å². The first-order chi connectivity index (χ1) is 14.4. The Morgan fingerprint density at radius 1 is 1.13 bits per heavy atom. The third kappa shape index (κ3) is 4.84. The Kier molecular flexibility index (Phi) is 6.81. The van der Waals surface area contributed by atoms with E-state index in [1.807, 2.05) is 42.3 Å². The minimum atomic E-state index is -1.09. The Balaban J connectivity index is 1.84. The Morgan fingerprint density at radius 2 is 1.87 bits per heavy atom. The van der Waals surface area contributed by atoms with Crippen molar-refractivity contribution in [2.45, 2.75) is 6.54 Å². The summed E-state index contributed by atoms with van der Waals surface area (Å²) in [4.78, 5) is 42.0. The lowest BCUT2D eigenvalue weighted by atomic mass is 10.1. The molecule has 2 aromatic rings. The standard InChI is InChI=1S/C22H25N3O5/c1-23(13-16-6-4-3-5-7-16)14-20(26)25-15-21(27)24(10-11-30-2)18-9-8-17(22(28)29)12-19(18)25/h3-9,12H,10-11,13-15H2,1-2H3,(H,28,29). The van der Waals surface area contributed by atoms with Gasteiger partial charge in [0.1, 0.15) is 6.54 Å². The zero-order valence-corrected chi connectivity index (χ0v) is 17.1. The fourth-order valence-corrected chi connectivity index (χ4v) is 3.46. The molecule has 0 radical (unpaired) electrons. The zero-order chi connectivity index (χ0) is 21.7. The molecule has 30 heavy (non-hydrogen) atoms. The second-order valence-corrected chi connectivity index (χ2v) is 7.18. The van der Waals surface area contributed by atoms with E-state index in [2.05, 4.69) is 0 Å². The number of methoxy groups -OCH3 is 1. The molecular weight excluding hydrogens is 386 g/mol. The van der Waals surface area contributed by atoms with Crippen LogP contribution in [0, 0.1) is 0 Å². The van der Waals surface area contributed by atoms with E-state index in [1.165, 1.54) is 21.9 Å². The summed E-state index contributed by atoms with van der Waals surface area (Å²) in [5.41, 5.74) is 2.06. The van der Waals surface area contributed by atoms with Crippen LogP contribution in [0.4, 0.5) is 11.4 Å². The van der Waals surface area contributed by atoms with Gasteiger partial charge in [-0.1, -0.05) is 30.3 Å². The molecule has 0 aromatic heterocycles. The Labute approximate surface area is 175 Å². The summed E-state index contributed by atoms with van der Waals surface area (Å²) >= 11 is 0. The lowest BCUT2D eigenvalue weighted by molar-refractivity contribution is -0.123. The lowest BCUT2D eigenvalue weighted by Gasteiger charge is -2.36. The van der Waals surface area contributed by atoms with Gasteiger partial charge in [0.05, 0.1) is 30.1 Å². The quantitative estimate of drug-likeness (QED) is 0.713. The summed E-state index contributed by atoms with van der Waals surface area (Å²) in [6, 6.07) is 14.2. The molecular formula is C22H25N3O5. The molecule has 0 saturated carbocycles. The maximum Gasteiger partial charge on any atom is 0.335 e. The van der Waals surface area contributed by atoms with Gasteiger partial charge in [-0.2, -0.15) is 0 Å². The van der Waals surface area contributed by atoms with Crippen LogP contribution in [0.25, 0.3) is 0 Å². The van der Waals surface area contributed by atoms with Crippen molar-refractivity contribution < 1.29 is 24.2 Å². The highest BCUT2D eigenvalue weighted by atomic mass is 16.5. The molecule has 158 valence electrons. The number of carboxylic acid groups (broad SMARTS) is 1. The number of anilines is 2. The third-order valence-corrected chi connectivity index (χ3v) is 4.92. The Bertz CT molecular complexity index is 932. The first-order valence-electron chi connectivity index (χ1n) is 9.60. The highest BCUT2D eigenvalue weighted by molar-refractivity contribution is 6.12. The smallest absolute Gasteiger partial charge is 0.335 e. The van der Waals surface area contributed by atoms with Crippen LogP contribution in [0.15, 0.2) is 48.5 Å². The van der Waals surface area contributed by atoms with Gasteiger partial charge in [-0.15, -0.1) is 0 Å². The topological polar surface area (TPSA) is 90.4 Å². The van der Waals surface area contributed by atoms with Crippen LogP contribution in [-0.4, -0.2) is 68.2 Å². The summed E-state index contributed by atoms with van der Waals surface area (Å²) in [7, 11) is 3.37. The minimum Gasteiger partial charge on any atom is -0.478 e. The fourth-order valence-electron chi connectivity index (χ4n) is 3.46. The molecule has 1 N–H and O–H groups in total. The molecule has 0 unspecified atom stereocenters. The average Bonchev–Trinajstić information content (AvgIpc) is 2.72. The average molecular weight is 411 g/mol. The van der Waals surface area contributed by atoms with Gasteiger partial charge in [0, 0.05) is 20.2 Å². The molecule has 3 rings (SSSR count). The van der Waals surface area contributed by atoms with Crippen LogP contribution in [0.1, 0.15) is 15.9 Å². The number of amides is 2. The van der Waals surface area contributed by atoms with E-state index in [4.69, 9.17) is 4.74 Å². The van der Waals surface area contributed by atoms with Crippen molar-refractivity contribution in [2.24, 2.45) is 0 Å². The van der Waals surface area contributed by atoms with Crippen LogP contribution in [0.5, 0.6) is 0 Å². The van der Waals surface area contributed by atoms with E-state index in [0.717, 1.165) is 5.56 Å². The Morgan fingerprint density at radius 3 is 2.53 bits per heavy atom. The molecule has 2 aromatic carbocycles. The number of benzene rings is 2. The van der Waals surface area contributed by atoms with E-state index < -0.39 is 5.97 Å². The largest absolute Gasteiger partial charge is 0.478 e. The zero-order valence-electron chi connectivity index (χ0n) is 17.1. The summed E-state index contributed by atoms with van der Waals surface area (Å²) < 4.78 is 5.08. The molecule has 8 heteroatoms. The molecule has 0 atom stereocenters. The number of ether oxygens (including phenoxy) is 1. The molecule has 1 aliphatic rings. The van der Waals surface area contributed by atoms with E-state index in [0.29, 0.717) is 31.1 Å². The highest BCUT2D eigenvalue weighted by Gasteiger charge is 2.33. The molecule has 0 aliphatic carbocycles. The van der Waals surface area contributed by atoms with Crippen molar-refractivity contribution in [3.8, 4) is 0 Å². The maximum absolute atomic E-state index is 13.1. The second-order valence-electron chi connectivity index (χ2n) is 7.18. The number of carbonyl (C=O) groups is 3. The van der Waals surface area contributed by atoms with Crippen molar-refractivity contribution in [1.82, 2.24) is 4.90 Å². The number of hydrogen-bond acceptors (Lipinski definition) is 5. The maximum atomic E-state index is 13.1. The lowest BCUT2D eigenvalue weighted by Crippen LogP contribution is -2.51. The van der Waals surface area contributed by atoms with Crippen molar-refractivity contribution in [1.29, 1.82) is 0 Å². The molecule has 2 amide bonds. The molecule has 1 aliphatic heterocycles. The number of nitrogens with zero attached hydrogens (tertiary/aromatic N) is 3. The first kappa shape index (κ1) is 21.5. The van der Waals surface area contributed by atoms with Crippen molar-refractivity contribution >= 4 is 29.2 Å². The number of fused-ring (bicyclic) bond motifs is 1. The van der Waals surface area contributed by atoms with Crippen LogP contribution >= 0.6 is 0 Å². The molecule has 0 bridgehead atoms. The van der Waals surface area contributed by atoms with Gasteiger partial charge in [0.25, 0.3) is 0 Å². The number of carboxylic acids is 1. The van der Waals surface area contributed by atoms with Gasteiger partial charge in [-0.05, 0) is 30.8 Å². The van der Waals surface area contributed by atoms with Crippen LogP contribution in [-0.2, 0) is 20.9 Å². The van der Waals surface area contributed by atoms with Gasteiger partial charge in [-0.25, -0.2) is 4.79 Å². The second kappa shape index (κ2) is 9.51. The molecule has 0 fully saturated rings. The third-order valence-electron chi connectivity index (χ3n) is 4.92. The number of hydrogen-bond donors (Lipinski definition) is 1. The summed E-state index contributed by atoms with van der Waals surface area (Å²) in [6.07, 6.45) is 0. The molecule has 1 heterocycles. The van der Waals surface area contributed by atoms with Gasteiger partial charge in [0.15, 0.2) is 0 Å². The van der Waals surface area contributed by atoms with Crippen molar-refractivity contribution in [2.75, 3.05) is 50.2 Å². The van der Waals surface area contributed by atoms with Crippen LogP contribution in [0.3, 0.4) is 0 Å². The van der Waals surface area contributed by atoms with Crippen molar-refractivity contribution in [3.05, 3.63) is 59.7 Å². The van der Waals surface area contributed by atoms with E-state index in [9.17, 15) is 19.5 Å². The van der Waals surface area contributed by atoms with Crippen LogP contribution < -0.4 is 9.80 Å². The predicted molar refractivity (Wildman–Crippen MR) is 113 cm³/mol. The number of carbonyl (C=O) groups excluding carboxylic acids is 2.